The van der Waals surface area contributed by atoms with Gasteiger partial charge in [-0.1, -0.05) is 23.7 Å². The summed E-state index contributed by atoms with van der Waals surface area (Å²) in [5, 5.41) is 21.5. The van der Waals surface area contributed by atoms with Crippen molar-refractivity contribution < 1.29 is 24.1 Å². The van der Waals surface area contributed by atoms with Gasteiger partial charge in [0.15, 0.2) is 17.3 Å². The average molecular weight is 524 g/mol. The van der Waals surface area contributed by atoms with E-state index in [-0.39, 0.29) is 18.3 Å². The first-order valence-corrected chi connectivity index (χ1v) is 12.2. The summed E-state index contributed by atoms with van der Waals surface area (Å²) in [6, 6.07) is 15.6. The number of tetrazole rings is 1. The van der Waals surface area contributed by atoms with Gasteiger partial charge in [-0.15, -0.1) is 10.2 Å². The van der Waals surface area contributed by atoms with Gasteiger partial charge in [-0.3, -0.25) is 4.79 Å². The Kier molecular flexibility index (Phi) is 7.11. The van der Waals surface area contributed by atoms with Crippen LogP contribution in [0.3, 0.4) is 0 Å². The van der Waals surface area contributed by atoms with Crippen LogP contribution in [0.15, 0.2) is 54.7 Å². The summed E-state index contributed by atoms with van der Waals surface area (Å²) in [7, 11) is 3.22. The molecule has 11 heteroatoms. The third-order valence-electron chi connectivity index (χ3n) is 6.29. The van der Waals surface area contributed by atoms with Gasteiger partial charge in [-0.2, -0.15) is 4.80 Å². The molecule has 1 aliphatic rings. The second kappa shape index (κ2) is 10.6. The summed E-state index contributed by atoms with van der Waals surface area (Å²) >= 11 is 6.46. The number of hydrogen-bond acceptors (Lipinski definition) is 7. The molecule has 0 saturated carbocycles. The number of carbonyl (C=O) groups is 1. The van der Waals surface area contributed by atoms with Crippen molar-refractivity contribution in [3.63, 3.8) is 0 Å². The minimum Gasteiger partial charge on any atom is -0.493 e. The molecule has 192 valence electrons. The lowest BCUT2D eigenvalue weighted by Gasteiger charge is -2.25. The number of carboxylic acid groups (broad SMARTS) is 1. The first kappa shape index (κ1) is 24.8. The SMILES string of the molecule is COc1cccc([C@H]2O[C@H](CCCn3nnc(CC(=O)O)n3)c3cccn3-c3ccc(Cl)cc32)c1OC. The number of carboxylic acids is 1. The number of ether oxygens (including phenoxy) is 3. The van der Waals surface area contributed by atoms with Gasteiger partial charge in [0.25, 0.3) is 0 Å². The number of nitrogens with zero attached hydrogens (tertiary/aromatic N) is 5. The van der Waals surface area contributed by atoms with E-state index in [1.165, 1.54) is 4.80 Å². The molecule has 3 heterocycles. The van der Waals surface area contributed by atoms with Crippen molar-refractivity contribution in [2.75, 3.05) is 14.2 Å². The van der Waals surface area contributed by atoms with Crippen LogP contribution in [-0.2, 0) is 22.5 Å². The quantitative estimate of drug-likeness (QED) is 0.343. The normalized spacial score (nSPS) is 16.5. The third kappa shape index (κ3) is 5.03. The molecule has 0 amide bonds. The van der Waals surface area contributed by atoms with Crippen molar-refractivity contribution in [1.82, 2.24) is 24.8 Å². The molecule has 0 unspecified atom stereocenters. The number of rotatable bonds is 9. The number of hydrogen-bond donors (Lipinski definition) is 1. The van der Waals surface area contributed by atoms with Crippen molar-refractivity contribution in [2.45, 2.75) is 38.0 Å². The highest BCUT2D eigenvalue weighted by atomic mass is 35.5. The van der Waals surface area contributed by atoms with Gasteiger partial charge in [-0.05, 0) is 54.5 Å². The standard InChI is InChI=1S/C26H26ClN5O5/c1-35-22-8-3-6-17(26(22)36-2)25-18-14-16(27)10-11-19(18)31-12-4-7-20(31)21(37-25)9-5-13-32-29-23(28-30-32)15-24(33)34/h3-4,6-8,10-12,14,21,25H,5,9,13,15H2,1-2H3,(H,33,34)/t21-,25-/m1/s1. The van der Waals surface area contributed by atoms with Crippen molar-refractivity contribution in [2.24, 2.45) is 0 Å². The van der Waals surface area contributed by atoms with Gasteiger partial charge >= 0.3 is 5.97 Å². The molecule has 0 bridgehead atoms. The number of para-hydroxylation sites is 1. The highest BCUT2D eigenvalue weighted by Gasteiger charge is 2.32. The maximum absolute atomic E-state index is 10.9. The number of fused-ring (bicyclic) bond motifs is 3. The second-order valence-corrected chi connectivity index (χ2v) is 9.04. The van der Waals surface area contributed by atoms with Crippen LogP contribution in [0.2, 0.25) is 5.02 Å². The maximum atomic E-state index is 10.9. The largest absolute Gasteiger partial charge is 0.493 e. The average Bonchev–Trinajstić information content (AvgIpc) is 3.52. The Morgan fingerprint density at radius 1 is 1.14 bits per heavy atom. The summed E-state index contributed by atoms with van der Waals surface area (Å²) in [5.41, 5.74) is 3.72. The zero-order chi connectivity index (χ0) is 25.9. The van der Waals surface area contributed by atoms with Crippen molar-refractivity contribution in [3.05, 3.63) is 82.4 Å². The molecule has 4 aromatic rings. The van der Waals surface area contributed by atoms with E-state index in [2.05, 4.69) is 20.0 Å². The van der Waals surface area contributed by atoms with Gasteiger partial charge in [0.1, 0.15) is 12.5 Å². The molecule has 1 N–H and O–H groups in total. The van der Waals surface area contributed by atoms with Gasteiger partial charge in [0.05, 0.1) is 38.2 Å². The Morgan fingerprint density at radius 3 is 2.78 bits per heavy atom. The summed E-state index contributed by atoms with van der Waals surface area (Å²) < 4.78 is 20.3. The lowest BCUT2D eigenvalue weighted by Crippen LogP contribution is -2.13. The molecule has 2 aromatic heterocycles. The summed E-state index contributed by atoms with van der Waals surface area (Å²) in [5.74, 6) is 0.404. The van der Waals surface area contributed by atoms with E-state index in [0.717, 1.165) is 22.5 Å². The molecule has 0 spiro atoms. The highest BCUT2D eigenvalue weighted by Crippen LogP contribution is 2.46. The Labute approximate surface area is 218 Å². The van der Waals surface area contributed by atoms with Crippen molar-refractivity contribution in [3.8, 4) is 17.2 Å². The fourth-order valence-corrected chi connectivity index (χ4v) is 4.89. The highest BCUT2D eigenvalue weighted by molar-refractivity contribution is 6.30. The lowest BCUT2D eigenvalue weighted by molar-refractivity contribution is -0.136. The van der Waals surface area contributed by atoms with Crippen LogP contribution < -0.4 is 9.47 Å². The van der Waals surface area contributed by atoms with E-state index in [9.17, 15) is 4.79 Å². The predicted octanol–water partition coefficient (Wildman–Crippen LogP) is 4.40. The number of aromatic nitrogens is 5. The molecule has 0 saturated heterocycles. The van der Waals surface area contributed by atoms with E-state index < -0.39 is 12.1 Å². The Morgan fingerprint density at radius 2 is 2.00 bits per heavy atom. The number of aryl methyl sites for hydroxylation is 1. The van der Waals surface area contributed by atoms with Crippen LogP contribution in [0.25, 0.3) is 5.69 Å². The van der Waals surface area contributed by atoms with E-state index >= 15 is 0 Å². The minimum absolute atomic E-state index is 0.185. The lowest BCUT2D eigenvalue weighted by atomic mass is 9.98. The molecule has 0 radical (unpaired) electrons. The van der Waals surface area contributed by atoms with Crippen LogP contribution in [0.4, 0.5) is 0 Å². The van der Waals surface area contributed by atoms with Crippen molar-refractivity contribution in [1.29, 1.82) is 0 Å². The molecule has 10 nitrogen and oxygen atoms in total. The predicted molar refractivity (Wildman–Crippen MR) is 134 cm³/mol. The summed E-state index contributed by atoms with van der Waals surface area (Å²) in [6.07, 6.45) is 2.34. The van der Waals surface area contributed by atoms with Crippen LogP contribution in [0.1, 0.15) is 47.7 Å². The smallest absolute Gasteiger partial charge is 0.311 e. The van der Waals surface area contributed by atoms with Crippen LogP contribution >= 0.6 is 11.6 Å². The zero-order valence-corrected chi connectivity index (χ0v) is 21.1. The fraction of sp³-hybridized carbons (Fsp3) is 0.308. The Balaban J connectivity index is 1.48. The Hall–Kier alpha value is -3.89. The number of methoxy groups -OCH3 is 2. The number of benzene rings is 2. The van der Waals surface area contributed by atoms with E-state index in [1.807, 2.05) is 54.7 Å². The van der Waals surface area contributed by atoms with Gasteiger partial charge in [0.2, 0.25) is 0 Å². The first-order chi connectivity index (χ1) is 18.0. The van der Waals surface area contributed by atoms with Gasteiger partial charge in [0, 0.05) is 22.3 Å². The topological polar surface area (TPSA) is 114 Å². The molecule has 0 aliphatic carbocycles. The fourth-order valence-electron chi connectivity index (χ4n) is 4.71. The monoisotopic (exact) mass is 523 g/mol. The van der Waals surface area contributed by atoms with E-state index in [1.54, 1.807) is 14.2 Å². The number of aliphatic carboxylic acids is 1. The van der Waals surface area contributed by atoms with E-state index in [0.29, 0.717) is 35.9 Å². The summed E-state index contributed by atoms with van der Waals surface area (Å²) in [4.78, 5) is 12.3. The molecular formula is C26H26ClN5O5. The zero-order valence-electron chi connectivity index (χ0n) is 20.4. The van der Waals surface area contributed by atoms with Crippen LogP contribution in [0.5, 0.6) is 11.5 Å². The molecule has 1 aliphatic heterocycles. The number of halogens is 1. The molecule has 5 rings (SSSR count). The third-order valence-corrected chi connectivity index (χ3v) is 6.52. The maximum Gasteiger partial charge on any atom is 0.311 e. The van der Waals surface area contributed by atoms with E-state index in [4.69, 9.17) is 30.9 Å². The molecule has 0 fully saturated rings. The minimum atomic E-state index is -0.995. The van der Waals surface area contributed by atoms with Gasteiger partial charge in [-0.25, -0.2) is 0 Å². The Bertz CT molecular complexity index is 1420. The van der Waals surface area contributed by atoms with Crippen LogP contribution in [0, 0.1) is 0 Å². The van der Waals surface area contributed by atoms with Crippen molar-refractivity contribution >= 4 is 17.6 Å². The second-order valence-electron chi connectivity index (χ2n) is 8.61. The van der Waals surface area contributed by atoms with Gasteiger partial charge < -0.3 is 23.9 Å². The first-order valence-electron chi connectivity index (χ1n) is 11.8. The van der Waals surface area contributed by atoms with Crippen LogP contribution in [-0.4, -0.2) is 50.1 Å². The molecule has 2 atom stereocenters. The molecular weight excluding hydrogens is 498 g/mol. The summed E-state index contributed by atoms with van der Waals surface area (Å²) in [6.45, 7) is 0.471. The molecule has 2 aromatic carbocycles. The molecule has 37 heavy (non-hydrogen) atoms.